The number of anilines is 1. The van der Waals surface area contributed by atoms with E-state index < -0.39 is 11.7 Å². The average Bonchev–Trinajstić information content (AvgIpc) is 3.09. The van der Waals surface area contributed by atoms with Crippen molar-refractivity contribution in [3.63, 3.8) is 0 Å². The molecule has 1 aliphatic heterocycles. The molecule has 0 saturated carbocycles. The normalized spacial score (nSPS) is 17.9. The summed E-state index contributed by atoms with van der Waals surface area (Å²) in [6.07, 6.45) is -1.26. The van der Waals surface area contributed by atoms with Crippen LogP contribution in [0, 0.1) is 0 Å². The number of alkyl halides is 3. The van der Waals surface area contributed by atoms with Crippen LogP contribution >= 0.6 is 0 Å². The second-order valence-electron chi connectivity index (χ2n) is 6.50. The van der Waals surface area contributed by atoms with Crippen molar-refractivity contribution >= 4 is 5.69 Å². The van der Waals surface area contributed by atoms with Crippen LogP contribution in [0.2, 0.25) is 0 Å². The summed E-state index contributed by atoms with van der Waals surface area (Å²) < 4.78 is 44.9. The van der Waals surface area contributed by atoms with Gasteiger partial charge in [-0.25, -0.2) is 0 Å². The lowest BCUT2D eigenvalue weighted by atomic mass is 10.2. The van der Waals surface area contributed by atoms with E-state index in [1.165, 1.54) is 6.20 Å². The Morgan fingerprint density at radius 3 is 2.70 bits per heavy atom. The zero-order valence-electron chi connectivity index (χ0n) is 14.7. The van der Waals surface area contributed by atoms with Crippen LogP contribution < -0.4 is 10.1 Å². The topological polar surface area (TPSA) is 57.6 Å². The van der Waals surface area contributed by atoms with Gasteiger partial charge in [0.15, 0.2) is 0 Å². The highest BCUT2D eigenvalue weighted by Gasteiger charge is 2.34. The molecule has 0 spiro atoms. The van der Waals surface area contributed by atoms with E-state index in [2.05, 4.69) is 15.2 Å². The highest BCUT2D eigenvalue weighted by molar-refractivity contribution is 5.51. The van der Waals surface area contributed by atoms with Crippen LogP contribution in [0.5, 0.6) is 5.75 Å². The Kier molecular flexibility index (Phi) is 6.18. The lowest BCUT2D eigenvalue weighted by molar-refractivity contribution is -0.137. The number of hydrogen-bond donors (Lipinski definition) is 2. The summed E-state index contributed by atoms with van der Waals surface area (Å²) in [4.78, 5) is 5.96. The van der Waals surface area contributed by atoms with Gasteiger partial charge in [-0.1, -0.05) is 12.1 Å². The molecule has 0 bridgehead atoms. The molecule has 2 aromatic rings. The molecule has 0 radical (unpaired) electrons. The van der Waals surface area contributed by atoms with Gasteiger partial charge in [0.05, 0.1) is 24.1 Å². The monoisotopic (exact) mass is 381 g/mol. The van der Waals surface area contributed by atoms with Crippen LogP contribution in [0.4, 0.5) is 18.9 Å². The number of nitrogens with zero attached hydrogens (tertiary/aromatic N) is 2. The van der Waals surface area contributed by atoms with Crippen LogP contribution in [0.15, 0.2) is 42.7 Å². The number of rotatable bonds is 7. The Bertz CT molecular complexity index is 738. The number of benzene rings is 1. The fraction of sp³-hybridized carbons (Fsp3) is 0.421. The molecular weight excluding hydrogens is 359 g/mol. The zero-order chi connectivity index (χ0) is 19.3. The summed E-state index contributed by atoms with van der Waals surface area (Å²) in [6.45, 7) is 2.63. The Morgan fingerprint density at radius 2 is 2.00 bits per heavy atom. The molecule has 27 heavy (non-hydrogen) atoms. The number of likely N-dealkylation sites (tertiary alicyclic amines) is 1. The van der Waals surface area contributed by atoms with Crippen molar-refractivity contribution in [1.29, 1.82) is 0 Å². The minimum atomic E-state index is -4.40. The summed E-state index contributed by atoms with van der Waals surface area (Å²) in [7, 11) is 0. The summed E-state index contributed by atoms with van der Waals surface area (Å²) in [5.41, 5.74) is 0.159. The van der Waals surface area contributed by atoms with Crippen LogP contribution in [0.25, 0.3) is 0 Å². The van der Waals surface area contributed by atoms with Crippen LogP contribution in [-0.2, 0) is 12.8 Å². The molecule has 1 fully saturated rings. The largest absolute Gasteiger partial charge is 0.492 e. The molecule has 1 aromatic carbocycles. The van der Waals surface area contributed by atoms with Crippen molar-refractivity contribution < 1.29 is 23.0 Å². The summed E-state index contributed by atoms with van der Waals surface area (Å²) in [5, 5.41) is 12.0. The summed E-state index contributed by atoms with van der Waals surface area (Å²) in [5.74, 6) is 0.728. The molecule has 0 amide bonds. The van der Waals surface area contributed by atoms with Gasteiger partial charge < -0.3 is 15.2 Å². The third-order valence-electron chi connectivity index (χ3n) is 4.54. The average molecular weight is 381 g/mol. The molecule has 5 nitrogen and oxygen atoms in total. The molecule has 1 unspecified atom stereocenters. The van der Waals surface area contributed by atoms with Gasteiger partial charge in [-0.3, -0.25) is 9.88 Å². The number of nitrogens with one attached hydrogen (secondary N) is 1. The van der Waals surface area contributed by atoms with Crippen LogP contribution in [0.3, 0.4) is 0 Å². The Labute approximate surface area is 155 Å². The van der Waals surface area contributed by atoms with E-state index in [0.717, 1.165) is 36.5 Å². The molecule has 2 N–H and O–H groups in total. The molecule has 1 saturated heterocycles. The third kappa shape index (κ3) is 5.33. The first-order chi connectivity index (χ1) is 13.0. The summed E-state index contributed by atoms with van der Waals surface area (Å²) >= 11 is 0. The molecule has 1 aliphatic rings. The molecule has 3 rings (SSSR count). The number of ether oxygens (including phenoxy) is 1. The lowest BCUT2D eigenvalue weighted by Gasteiger charge is -2.19. The molecule has 2 heterocycles. The van der Waals surface area contributed by atoms with Crippen molar-refractivity contribution in [2.45, 2.75) is 25.2 Å². The second kappa shape index (κ2) is 8.58. The Hall–Kier alpha value is -2.32. The lowest BCUT2D eigenvalue weighted by Crippen LogP contribution is -2.30. The van der Waals surface area contributed by atoms with Gasteiger partial charge in [0.25, 0.3) is 0 Å². The number of pyridine rings is 1. The molecule has 1 aromatic heterocycles. The molecule has 1 atom stereocenters. The van der Waals surface area contributed by atoms with Crippen molar-refractivity contribution in [3.05, 3.63) is 53.9 Å². The highest BCUT2D eigenvalue weighted by Crippen LogP contribution is 2.34. The SMILES string of the molecule is OCc1ccc(OCCN2CCC(Nc3cnccc3C(F)(F)F)C2)cc1. The smallest absolute Gasteiger partial charge is 0.418 e. The minimum Gasteiger partial charge on any atom is -0.492 e. The van der Waals surface area contributed by atoms with Crippen LogP contribution in [0.1, 0.15) is 17.5 Å². The molecule has 8 heteroatoms. The first-order valence-corrected chi connectivity index (χ1v) is 8.78. The van der Waals surface area contributed by atoms with E-state index in [9.17, 15) is 13.2 Å². The maximum atomic E-state index is 13.1. The zero-order valence-corrected chi connectivity index (χ0v) is 14.7. The molecule has 0 aliphatic carbocycles. The van der Waals surface area contributed by atoms with E-state index in [1.807, 2.05) is 0 Å². The van der Waals surface area contributed by atoms with Crippen molar-refractivity contribution in [1.82, 2.24) is 9.88 Å². The maximum Gasteiger partial charge on any atom is 0.418 e. The maximum absolute atomic E-state index is 13.1. The molecule has 146 valence electrons. The fourth-order valence-corrected chi connectivity index (χ4v) is 3.11. The summed E-state index contributed by atoms with van der Waals surface area (Å²) in [6, 6.07) is 8.15. The first kappa shape index (κ1) is 19.4. The van der Waals surface area contributed by atoms with Crippen molar-refractivity contribution in [2.75, 3.05) is 31.6 Å². The van der Waals surface area contributed by atoms with Crippen molar-refractivity contribution in [3.8, 4) is 5.75 Å². The van der Waals surface area contributed by atoms with Gasteiger partial charge in [-0.05, 0) is 30.2 Å². The third-order valence-corrected chi connectivity index (χ3v) is 4.54. The minimum absolute atomic E-state index is 0.00453. The molecular formula is C19H22F3N3O2. The quantitative estimate of drug-likeness (QED) is 0.772. The number of aliphatic hydroxyl groups is 1. The predicted octanol–water partition coefficient (Wildman–Crippen LogP) is 3.16. The van der Waals surface area contributed by atoms with Gasteiger partial charge >= 0.3 is 6.18 Å². The van der Waals surface area contributed by atoms with E-state index in [4.69, 9.17) is 9.84 Å². The van der Waals surface area contributed by atoms with E-state index >= 15 is 0 Å². The van der Waals surface area contributed by atoms with Gasteiger partial charge in [0.2, 0.25) is 0 Å². The van der Waals surface area contributed by atoms with E-state index in [1.54, 1.807) is 24.3 Å². The Balaban J connectivity index is 1.46. The number of aromatic nitrogens is 1. The fourth-order valence-electron chi connectivity index (χ4n) is 3.11. The predicted molar refractivity (Wildman–Crippen MR) is 95.6 cm³/mol. The number of halogens is 3. The van der Waals surface area contributed by atoms with Crippen molar-refractivity contribution in [2.24, 2.45) is 0 Å². The van der Waals surface area contributed by atoms with Gasteiger partial charge in [0.1, 0.15) is 12.4 Å². The van der Waals surface area contributed by atoms with Gasteiger partial charge in [0, 0.05) is 31.9 Å². The second-order valence-corrected chi connectivity index (χ2v) is 6.50. The number of aliphatic hydroxyl groups excluding tert-OH is 1. The van der Waals surface area contributed by atoms with Crippen LogP contribution in [-0.4, -0.2) is 47.3 Å². The first-order valence-electron chi connectivity index (χ1n) is 8.78. The van der Waals surface area contributed by atoms with Gasteiger partial charge in [-0.15, -0.1) is 0 Å². The van der Waals surface area contributed by atoms with E-state index in [-0.39, 0.29) is 18.3 Å². The highest BCUT2D eigenvalue weighted by atomic mass is 19.4. The number of hydrogen-bond acceptors (Lipinski definition) is 5. The Morgan fingerprint density at radius 1 is 1.22 bits per heavy atom. The van der Waals surface area contributed by atoms with E-state index in [0.29, 0.717) is 19.7 Å². The standard InChI is InChI=1S/C19H22F3N3O2/c20-19(21,22)17-5-7-23-11-18(17)24-15-6-8-25(12-15)9-10-27-16-3-1-14(13-26)2-4-16/h1-5,7,11,15,24,26H,6,8-10,12-13H2. The van der Waals surface area contributed by atoms with Gasteiger partial charge in [-0.2, -0.15) is 13.2 Å².